The van der Waals surface area contributed by atoms with Crippen molar-refractivity contribution in [1.29, 1.82) is 0 Å². The Morgan fingerprint density at radius 1 is 1.24 bits per heavy atom. The zero-order valence-corrected chi connectivity index (χ0v) is 9.69. The smallest absolute Gasteiger partial charge is 0.119 e. The van der Waals surface area contributed by atoms with Gasteiger partial charge in [0.25, 0.3) is 0 Å². The van der Waals surface area contributed by atoms with E-state index in [1.54, 1.807) is 0 Å². The summed E-state index contributed by atoms with van der Waals surface area (Å²) in [7, 11) is 0. The summed E-state index contributed by atoms with van der Waals surface area (Å²) in [5.41, 5.74) is 0.887. The molecule has 0 aromatic heterocycles. The molecule has 3 heteroatoms. The quantitative estimate of drug-likeness (QED) is 0.787. The fraction of sp³-hybridized carbons (Fsp3) is 0.429. The SMILES string of the molecule is OCC#Cc1ccc(OC2CCOCC2)cc1. The van der Waals surface area contributed by atoms with Crippen LogP contribution in [0.5, 0.6) is 5.75 Å². The van der Waals surface area contributed by atoms with E-state index in [1.807, 2.05) is 24.3 Å². The summed E-state index contributed by atoms with van der Waals surface area (Å²) >= 11 is 0. The molecule has 1 aliphatic rings. The lowest BCUT2D eigenvalue weighted by Gasteiger charge is -2.23. The van der Waals surface area contributed by atoms with Crippen LogP contribution < -0.4 is 4.74 Å². The van der Waals surface area contributed by atoms with E-state index < -0.39 is 0 Å². The molecule has 0 atom stereocenters. The van der Waals surface area contributed by atoms with Gasteiger partial charge >= 0.3 is 0 Å². The summed E-state index contributed by atoms with van der Waals surface area (Å²) < 4.78 is 11.1. The van der Waals surface area contributed by atoms with Crippen LogP contribution in [-0.2, 0) is 4.74 Å². The van der Waals surface area contributed by atoms with Crippen LogP contribution in [0.1, 0.15) is 18.4 Å². The number of aliphatic hydroxyl groups is 1. The third-order valence-electron chi connectivity index (χ3n) is 2.64. The molecule has 1 aromatic carbocycles. The Morgan fingerprint density at radius 3 is 2.59 bits per heavy atom. The van der Waals surface area contributed by atoms with Crippen molar-refractivity contribution in [2.45, 2.75) is 18.9 Å². The first-order valence-corrected chi connectivity index (χ1v) is 5.82. The van der Waals surface area contributed by atoms with E-state index >= 15 is 0 Å². The molecular weight excluding hydrogens is 216 g/mol. The monoisotopic (exact) mass is 232 g/mol. The minimum absolute atomic E-state index is 0.111. The first-order valence-electron chi connectivity index (χ1n) is 5.82. The summed E-state index contributed by atoms with van der Waals surface area (Å²) in [4.78, 5) is 0. The van der Waals surface area contributed by atoms with E-state index in [2.05, 4.69) is 11.8 Å². The Balaban J connectivity index is 1.93. The molecule has 90 valence electrons. The lowest BCUT2D eigenvalue weighted by Crippen LogP contribution is -2.25. The second-order valence-corrected chi connectivity index (χ2v) is 3.91. The van der Waals surface area contributed by atoms with Crippen LogP contribution in [0.3, 0.4) is 0 Å². The predicted molar refractivity (Wildman–Crippen MR) is 64.9 cm³/mol. The van der Waals surface area contributed by atoms with Crippen molar-refractivity contribution in [2.24, 2.45) is 0 Å². The molecule has 0 unspecified atom stereocenters. The molecule has 0 aliphatic carbocycles. The van der Waals surface area contributed by atoms with Crippen molar-refractivity contribution >= 4 is 0 Å². The van der Waals surface area contributed by atoms with Gasteiger partial charge in [-0.25, -0.2) is 0 Å². The summed E-state index contributed by atoms with van der Waals surface area (Å²) in [5, 5.41) is 8.59. The van der Waals surface area contributed by atoms with Crippen LogP contribution in [0.4, 0.5) is 0 Å². The molecule has 1 aliphatic heterocycles. The molecule has 2 rings (SSSR count). The Labute approximate surface area is 101 Å². The number of ether oxygens (including phenoxy) is 2. The van der Waals surface area contributed by atoms with Crippen LogP contribution in [0.25, 0.3) is 0 Å². The van der Waals surface area contributed by atoms with Crippen molar-refractivity contribution in [3.63, 3.8) is 0 Å². The first-order chi connectivity index (χ1) is 8.38. The van der Waals surface area contributed by atoms with Crippen molar-refractivity contribution in [3.05, 3.63) is 29.8 Å². The maximum absolute atomic E-state index is 8.59. The van der Waals surface area contributed by atoms with Gasteiger partial charge < -0.3 is 14.6 Å². The molecule has 0 bridgehead atoms. The van der Waals surface area contributed by atoms with Gasteiger partial charge in [0.15, 0.2) is 0 Å². The van der Waals surface area contributed by atoms with E-state index in [4.69, 9.17) is 14.6 Å². The Kier molecular flexibility index (Phi) is 4.43. The molecule has 0 radical (unpaired) electrons. The maximum Gasteiger partial charge on any atom is 0.119 e. The number of rotatable bonds is 2. The van der Waals surface area contributed by atoms with Gasteiger partial charge in [-0.15, -0.1) is 0 Å². The third-order valence-corrected chi connectivity index (χ3v) is 2.64. The molecule has 1 aromatic rings. The van der Waals surface area contributed by atoms with Gasteiger partial charge in [0.2, 0.25) is 0 Å². The average molecular weight is 232 g/mol. The second kappa shape index (κ2) is 6.29. The highest BCUT2D eigenvalue weighted by atomic mass is 16.5. The van der Waals surface area contributed by atoms with Gasteiger partial charge in [0.05, 0.1) is 13.2 Å². The number of hydrogen-bond donors (Lipinski definition) is 1. The molecule has 1 N–H and O–H groups in total. The number of hydrogen-bond acceptors (Lipinski definition) is 3. The van der Waals surface area contributed by atoms with E-state index in [1.165, 1.54) is 0 Å². The van der Waals surface area contributed by atoms with Gasteiger partial charge in [-0.1, -0.05) is 11.8 Å². The largest absolute Gasteiger partial charge is 0.490 e. The van der Waals surface area contributed by atoms with Crippen LogP contribution in [-0.4, -0.2) is 31.0 Å². The molecule has 0 saturated carbocycles. The highest BCUT2D eigenvalue weighted by molar-refractivity contribution is 5.38. The lowest BCUT2D eigenvalue weighted by molar-refractivity contribution is 0.0256. The van der Waals surface area contributed by atoms with Crippen molar-refractivity contribution in [3.8, 4) is 17.6 Å². The standard InChI is InChI=1S/C14H16O3/c15-9-1-2-12-3-5-13(6-4-12)17-14-7-10-16-11-8-14/h3-6,14-15H,7-11H2. The zero-order valence-electron chi connectivity index (χ0n) is 9.69. The Morgan fingerprint density at radius 2 is 1.94 bits per heavy atom. The average Bonchev–Trinajstić information content (AvgIpc) is 2.39. The molecular formula is C14H16O3. The van der Waals surface area contributed by atoms with Gasteiger partial charge in [0, 0.05) is 18.4 Å². The molecule has 0 spiro atoms. The molecule has 3 nitrogen and oxygen atoms in total. The van der Waals surface area contributed by atoms with E-state index in [9.17, 15) is 0 Å². The predicted octanol–water partition coefficient (Wildman–Crippen LogP) is 1.59. The van der Waals surface area contributed by atoms with Gasteiger partial charge in [0.1, 0.15) is 18.5 Å². The van der Waals surface area contributed by atoms with Crippen molar-refractivity contribution in [2.75, 3.05) is 19.8 Å². The van der Waals surface area contributed by atoms with Crippen molar-refractivity contribution in [1.82, 2.24) is 0 Å². The van der Waals surface area contributed by atoms with Crippen molar-refractivity contribution < 1.29 is 14.6 Å². The number of benzene rings is 1. The van der Waals surface area contributed by atoms with Crippen LogP contribution >= 0.6 is 0 Å². The molecule has 17 heavy (non-hydrogen) atoms. The highest BCUT2D eigenvalue weighted by Crippen LogP contribution is 2.18. The van der Waals surface area contributed by atoms with Gasteiger partial charge in [-0.2, -0.15) is 0 Å². The fourth-order valence-corrected chi connectivity index (χ4v) is 1.74. The molecule has 1 fully saturated rings. The Hall–Kier alpha value is -1.50. The summed E-state index contributed by atoms with van der Waals surface area (Å²) in [6.07, 6.45) is 2.16. The molecule has 1 heterocycles. The van der Waals surface area contributed by atoms with E-state index in [0.717, 1.165) is 37.4 Å². The van der Waals surface area contributed by atoms with E-state index in [-0.39, 0.29) is 12.7 Å². The van der Waals surface area contributed by atoms with Gasteiger partial charge in [-0.05, 0) is 24.3 Å². The fourth-order valence-electron chi connectivity index (χ4n) is 1.74. The molecule has 1 saturated heterocycles. The van der Waals surface area contributed by atoms with Crippen LogP contribution in [0.2, 0.25) is 0 Å². The normalized spacial score (nSPS) is 16.1. The lowest BCUT2D eigenvalue weighted by atomic mass is 10.1. The Bertz CT molecular complexity index is 394. The topological polar surface area (TPSA) is 38.7 Å². The minimum Gasteiger partial charge on any atom is -0.490 e. The highest BCUT2D eigenvalue weighted by Gasteiger charge is 2.14. The van der Waals surface area contributed by atoms with Crippen LogP contribution in [0.15, 0.2) is 24.3 Å². The molecule has 0 amide bonds. The summed E-state index contributed by atoms with van der Waals surface area (Å²) in [5.74, 6) is 6.33. The summed E-state index contributed by atoms with van der Waals surface area (Å²) in [6.45, 7) is 1.45. The third kappa shape index (κ3) is 3.77. The number of aliphatic hydroxyl groups excluding tert-OH is 1. The first kappa shape index (κ1) is 12.0. The van der Waals surface area contributed by atoms with Gasteiger partial charge in [-0.3, -0.25) is 0 Å². The summed E-state index contributed by atoms with van der Waals surface area (Å²) in [6, 6.07) is 7.63. The minimum atomic E-state index is -0.111. The zero-order chi connectivity index (χ0) is 11.9. The van der Waals surface area contributed by atoms with Crippen LogP contribution in [0, 0.1) is 11.8 Å². The van der Waals surface area contributed by atoms with E-state index in [0.29, 0.717) is 0 Å². The maximum atomic E-state index is 8.59. The second-order valence-electron chi connectivity index (χ2n) is 3.91.